The van der Waals surface area contributed by atoms with E-state index in [2.05, 4.69) is 36.4 Å². The molecule has 0 bridgehead atoms. The molecule has 0 aliphatic heterocycles. The van der Waals surface area contributed by atoms with Crippen LogP contribution in [0.15, 0.2) is 78.9 Å². The highest BCUT2D eigenvalue weighted by Crippen LogP contribution is 2.43. The number of methoxy groups -OCH3 is 2. The molecule has 0 radical (unpaired) electrons. The summed E-state index contributed by atoms with van der Waals surface area (Å²) in [6, 6.07) is 26.5. The monoisotopic (exact) mass is 341 g/mol. The standard InChI is InChI=1S/C23H19NO2/c1-25-21-15-20-18(13-14-19(24-20)16-9-5-3-6-10-16)22(23(21)26-2)17-11-7-4-8-12-17/h3-15H,1-2H3. The van der Waals surface area contributed by atoms with Crippen LogP contribution in [0.3, 0.4) is 0 Å². The third-order valence-electron chi connectivity index (χ3n) is 4.47. The van der Waals surface area contributed by atoms with E-state index in [0.717, 1.165) is 39.0 Å². The number of nitrogens with zero attached hydrogens (tertiary/aromatic N) is 1. The molecule has 0 aliphatic rings. The topological polar surface area (TPSA) is 31.4 Å². The molecule has 0 unspecified atom stereocenters. The second kappa shape index (κ2) is 6.89. The van der Waals surface area contributed by atoms with E-state index in [1.807, 2.05) is 42.5 Å². The number of benzene rings is 3. The van der Waals surface area contributed by atoms with Gasteiger partial charge in [0.15, 0.2) is 11.5 Å². The van der Waals surface area contributed by atoms with Gasteiger partial charge in [-0.3, -0.25) is 0 Å². The zero-order valence-corrected chi connectivity index (χ0v) is 14.8. The highest BCUT2D eigenvalue weighted by atomic mass is 16.5. The Labute approximate surface area is 152 Å². The van der Waals surface area contributed by atoms with Gasteiger partial charge in [-0.05, 0) is 17.7 Å². The predicted molar refractivity (Wildman–Crippen MR) is 106 cm³/mol. The van der Waals surface area contributed by atoms with Gasteiger partial charge in [-0.2, -0.15) is 0 Å². The van der Waals surface area contributed by atoms with Gasteiger partial charge in [0.25, 0.3) is 0 Å². The van der Waals surface area contributed by atoms with Crippen molar-refractivity contribution in [1.82, 2.24) is 4.98 Å². The second-order valence-corrected chi connectivity index (χ2v) is 5.98. The molecule has 26 heavy (non-hydrogen) atoms. The van der Waals surface area contributed by atoms with Crippen LogP contribution in [0.1, 0.15) is 0 Å². The van der Waals surface area contributed by atoms with E-state index in [-0.39, 0.29) is 0 Å². The molecule has 0 saturated carbocycles. The molecule has 3 nitrogen and oxygen atoms in total. The van der Waals surface area contributed by atoms with Crippen molar-refractivity contribution >= 4 is 10.9 Å². The molecule has 0 amide bonds. The van der Waals surface area contributed by atoms with Crippen LogP contribution in [0.4, 0.5) is 0 Å². The van der Waals surface area contributed by atoms with E-state index in [4.69, 9.17) is 14.5 Å². The summed E-state index contributed by atoms with van der Waals surface area (Å²) in [5, 5.41) is 1.04. The summed E-state index contributed by atoms with van der Waals surface area (Å²) >= 11 is 0. The molecular formula is C23H19NO2. The van der Waals surface area contributed by atoms with Crippen molar-refractivity contribution in [2.75, 3.05) is 14.2 Å². The van der Waals surface area contributed by atoms with E-state index in [0.29, 0.717) is 5.75 Å². The molecule has 0 fully saturated rings. The Balaban J connectivity index is 2.02. The minimum Gasteiger partial charge on any atom is -0.493 e. The van der Waals surface area contributed by atoms with Gasteiger partial charge in [0.05, 0.1) is 25.4 Å². The Morgan fingerprint density at radius 2 is 1.35 bits per heavy atom. The fraction of sp³-hybridized carbons (Fsp3) is 0.0870. The van der Waals surface area contributed by atoms with Crippen molar-refractivity contribution in [3.63, 3.8) is 0 Å². The summed E-state index contributed by atoms with van der Waals surface area (Å²) in [5.41, 5.74) is 4.97. The first kappa shape index (κ1) is 16.2. The van der Waals surface area contributed by atoms with Crippen LogP contribution in [0.2, 0.25) is 0 Å². The number of pyridine rings is 1. The molecule has 3 heteroatoms. The first-order valence-electron chi connectivity index (χ1n) is 8.48. The van der Waals surface area contributed by atoms with E-state index >= 15 is 0 Å². The minimum absolute atomic E-state index is 0.677. The lowest BCUT2D eigenvalue weighted by Crippen LogP contribution is -1.96. The van der Waals surface area contributed by atoms with Crippen LogP contribution in [-0.2, 0) is 0 Å². The number of aromatic nitrogens is 1. The van der Waals surface area contributed by atoms with E-state index in [1.54, 1.807) is 14.2 Å². The first-order valence-corrected chi connectivity index (χ1v) is 8.48. The fourth-order valence-electron chi connectivity index (χ4n) is 3.25. The van der Waals surface area contributed by atoms with Crippen LogP contribution in [0.25, 0.3) is 33.3 Å². The first-order chi connectivity index (χ1) is 12.8. The lowest BCUT2D eigenvalue weighted by molar-refractivity contribution is 0.357. The maximum atomic E-state index is 5.69. The number of rotatable bonds is 4. The Morgan fingerprint density at radius 3 is 1.96 bits per heavy atom. The Bertz CT molecular complexity index is 1040. The lowest BCUT2D eigenvalue weighted by atomic mass is 9.98. The van der Waals surface area contributed by atoms with Gasteiger partial charge in [-0.1, -0.05) is 60.7 Å². The van der Waals surface area contributed by atoms with Crippen LogP contribution in [-0.4, -0.2) is 19.2 Å². The van der Waals surface area contributed by atoms with E-state index in [1.165, 1.54) is 0 Å². The summed E-state index contributed by atoms with van der Waals surface area (Å²) < 4.78 is 11.3. The zero-order valence-electron chi connectivity index (χ0n) is 14.8. The van der Waals surface area contributed by atoms with E-state index in [9.17, 15) is 0 Å². The van der Waals surface area contributed by atoms with Crippen molar-refractivity contribution in [2.45, 2.75) is 0 Å². The SMILES string of the molecule is COc1cc2nc(-c3ccccc3)ccc2c(-c2ccccc2)c1OC. The second-order valence-electron chi connectivity index (χ2n) is 5.98. The maximum absolute atomic E-state index is 5.69. The van der Waals surface area contributed by atoms with Crippen molar-refractivity contribution in [1.29, 1.82) is 0 Å². The molecule has 0 N–H and O–H groups in total. The maximum Gasteiger partial charge on any atom is 0.169 e. The Morgan fingerprint density at radius 1 is 0.692 bits per heavy atom. The molecule has 0 saturated heterocycles. The van der Waals surface area contributed by atoms with Gasteiger partial charge in [0.1, 0.15) is 0 Å². The summed E-state index contributed by atoms with van der Waals surface area (Å²) in [5.74, 6) is 1.40. The molecule has 4 rings (SSSR count). The summed E-state index contributed by atoms with van der Waals surface area (Å²) in [6.45, 7) is 0. The fourth-order valence-corrected chi connectivity index (χ4v) is 3.25. The van der Waals surface area contributed by atoms with Crippen LogP contribution < -0.4 is 9.47 Å². The largest absolute Gasteiger partial charge is 0.493 e. The average Bonchev–Trinajstić information content (AvgIpc) is 2.73. The van der Waals surface area contributed by atoms with Crippen LogP contribution in [0.5, 0.6) is 11.5 Å². The highest BCUT2D eigenvalue weighted by Gasteiger charge is 2.17. The number of ether oxygens (including phenoxy) is 2. The average molecular weight is 341 g/mol. The van der Waals surface area contributed by atoms with Crippen LogP contribution in [0, 0.1) is 0 Å². The summed E-state index contributed by atoms with van der Waals surface area (Å²) in [6.07, 6.45) is 0. The van der Waals surface area contributed by atoms with Gasteiger partial charge in [0, 0.05) is 22.6 Å². The van der Waals surface area contributed by atoms with Crippen molar-refractivity contribution in [3.05, 3.63) is 78.9 Å². The van der Waals surface area contributed by atoms with Crippen molar-refractivity contribution in [2.24, 2.45) is 0 Å². The van der Waals surface area contributed by atoms with Crippen molar-refractivity contribution in [3.8, 4) is 33.9 Å². The summed E-state index contributed by atoms with van der Waals surface area (Å²) in [7, 11) is 3.32. The molecule has 0 atom stereocenters. The smallest absolute Gasteiger partial charge is 0.169 e. The third kappa shape index (κ3) is 2.78. The normalized spacial score (nSPS) is 10.7. The zero-order chi connectivity index (χ0) is 17.9. The molecule has 0 aliphatic carbocycles. The minimum atomic E-state index is 0.677. The number of hydrogen-bond acceptors (Lipinski definition) is 3. The molecule has 3 aromatic carbocycles. The molecule has 1 heterocycles. The van der Waals surface area contributed by atoms with Gasteiger partial charge in [0.2, 0.25) is 0 Å². The number of fused-ring (bicyclic) bond motifs is 1. The Hall–Kier alpha value is -3.33. The van der Waals surface area contributed by atoms with Crippen LogP contribution >= 0.6 is 0 Å². The van der Waals surface area contributed by atoms with E-state index < -0.39 is 0 Å². The highest BCUT2D eigenvalue weighted by molar-refractivity contribution is 6.00. The predicted octanol–water partition coefficient (Wildman–Crippen LogP) is 5.59. The lowest BCUT2D eigenvalue weighted by Gasteiger charge is -2.16. The van der Waals surface area contributed by atoms with Gasteiger partial charge >= 0.3 is 0 Å². The molecular weight excluding hydrogens is 322 g/mol. The Kier molecular flexibility index (Phi) is 4.28. The molecule has 4 aromatic rings. The third-order valence-corrected chi connectivity index (χ3v) is 4.47. The molecule has 128 valence electrons. The molecule has 1 aromatic heterocycles. The van der Waals surface area contributed by atoms with Gasteiger partial charge < -0.3 is 9.47 Å². The number of hydrogen-bond donors (Lipinski definition) is 0. The quantitative estimate of drug-likeness (QED) is 0.485. The van der Waals surface area contributed by atoms with Gasteiger partial charge in [-0.15, -0.1) is 0 Å². The summed E-state index contributed by atoms with van der Waals surface area (Å²) in [4.78, 5) is 4.88. The van der Waals surface area contributed by atoms with Crippen molar-refractivity contribution < 1.29 is 9.47 Å². The van der Waals surface area contributed by atoms with Gasteiger partial charge in [-0.25, -0.2) is 4.98 Å². The molecule has 0 spiro atoms.